The lowest BCUT2D eigenvalue weighted by Crippen LogP contribution is -2.20. The van der Waals surface area contributed by atoms with Crippen molar-refractivity contribution in [3.05, 3.63) is 94.5 Å². The zero-order valence-corrected chi connectivity index (χ0v) is 19.4. The van der Waals surface area contributed by atoms with Crippen molar-refractivity contribution in [2.75, 3.05) is 12.9 Å². The Morgan fingerprint density at radius 3 is 2.51 bits per heavy atom. The summed E-state index contributed by atoms with van der Waals surface area (Å²) in [6.07, 6.45) is 1.24. The molecule has 0 spiro atoms. The number of nitro groups is 1. The summed E-state index contributed by atoms with van der Waals surface area (Å²) >= 11 is 1.19. The van der Waals surface area contributed by atoms with Gasteiger partial charge in [0.1, 0.15) is 5.75 Å². The summed E-state index contributed by atoms with van der Waals surface area (Å²) in [5.74, 6) is 0.966. The highest BCUT2D eigenvalue weighted by Crippen LogP contribution is 2.28. The monoisotopic (exact) mass is 488 g/mol. The van der Waals surface area contributed by atoms with Crippen molar-refractivity contribution in [1.29, 1.82) is 0 Å². The van der Waals surface area contributed by atoms with Crippen LogP contribution in [-0.4, -0.2) is 44.7 Å². The molecular formula is C24H20N6O4S. The summed E-state index contributed by atoms with van der Waals surface area (Å²) in [5.41, 5.74) is 4.27. The van der Waals surface area contributed by atoms with E-state index in [2.05, 4.69) is 20.7 Å². The van der Waals surface area contributed by atoms with Gasteiger partial charge in [0.15, 0.2) is 11.0 Å². The first kappa shape index (κ1) is 23.6. The van der Waals surface area contributed by atoms with Crippen molar-refractivity contribution in [3.8, 4) is 22.8 Å². The van der Waals surface area contributed by atoms with Crippen LogP contribution in [0.25, 0.3) is 17.1 Å². The second-order valence-electron chi connectivity index (χ2n) is 7.10. The van der Waals surface area contributed by atoms with Gasteiger partial charge in [-0.1, -0.05) is 54.2 Å². The molecule has 0 aliphatic rings. The highest BCUT2D eigenvalue weighted by atomic mass is 32.2. The fourth-order valence-electron chi connectivity index (χ4n) is 3.20. The molecule has 3 aromatic carbocycles. The number of nitro benzene ring substituents is 1. The van der Waals surface area contributed by atoms with Gasteiger partial charge in [0.2, 0.25) is 0 Å². The van der Waals surface area contributed by atoms with Crippen LogP contribution in [0.3, 0.4) is 0 Å². The molecule has 0 radical (unpaired) electrons. The van der Waals surface area contributed by atoms with Crippen LogP contribution >= 0.6 is 11.8 Å². The minimum atomic E-state index is -0.505. The fraction of sp³-hybridized carbons (Fsp3) is 0.0833. The first-order valence-corrected chi connectivity index (χ1v) is 11.4. The molecule has 4 rings (SSSR count). The van der Waals surface area contributed by atoms with Gasteiger partial charge in [-0.2, -0.15) is 5.10 Å². The molecule has 1 N–H and O–H groups in total. The van der Waals surface area contributed by atoms with Crippen LogP contribution in [0.15, 0.2) is 89.1 Å². The van der Waals surface area contributed by atoms with Crippen molar-refractivity contribution in [3.63, 3.8) is 0 Å². The van der Waals surface area contributed by atoms with Crippen molar-refractivity contribution in [2.45, 2.75) is 5.16 Å². The van der Waals surface area contributed by atoms with Crippen molar-refractivity contribution < 1.29 is 14.5 Å². The second kappa shape index (κ2) is 11.1. The van der Waals surface area contributed by atoms with Crippen LogP contribution < -0.4 is 10.2 Å². The third-order valence-corrected chi connectivity index (χ3v) is 5.78. The highest BCUT2D eigenvalue weighted by Gasteiger charge is 2.17. The van der Waals surface area contributed by atoms with E-state index < -0.39 is 10.8 Å². The van der Waals surface area contributed by atoms with Gasteiger partial charge in [0.05, 0.1) is 29.6 Å². The molecule has 0 atom stereocenters. The van der Waals surface area contributed by atoms with E-state index in [-0.39, 0.29) is 17.0 Å². The summed E-state index contributed by atoms with van der Waals surface area (Å²) < 4.78 is 7.12. The number of methoxy groups -OCH3 is 1. The van der Waals surface area contributed by atoms with E-state index in [0.29, 0.717) is 16.7 Å². The summed E-state index contributed by atoms with van der Waals surface area (Å²) in [6.45, 7) is 0. The first-order valence-electron chi connectivity index (χ1n) is 10.4. The number of rotatable bonds is 9. The molecule has 0 aliphatic carbocycles. The van der Waals surface area contributed by atoms with Crippen molar-refractivity contribution in [2.24, 2.45) is 5.10 Å². The molecular weight excluding hydrogens is 468 g/mol. The summed E-state index contributed by atoms with van der Waals surface area (Å²) in [4.78, 5) is 23.0. The normalized spacial score (nSPS) is 10.9. The molecule has 4 aromatic rings. The average Bonchev–Trinajstić information content (AvgIpc) is 3.32. The summed E-state index contributed by atoms with van der Waals surface area (Å²) in [5, 5.41) is 24.1. The molecule has 176 valence electrons. The standard InChI is InChI=1S/C24H20N6O4S/c1-34-20-13-11-19(12-14-20)29-23(17-7-3-2-4-8-17)27-28-24(29)35-16-22(31)26-25-15-18-9-5-6-10-21(18)30(32)33/h2-15H,16H2,1H3,(H,26,31)/b25-15-. The van der Waals surface area contributed by atoms with Crippen LogP contribution in [0, 0.1) is 10.1 Å². The number of hydrogen-bond acceptors (Lipinski definition) is 8. The molecule has 0 saturated carbocycles. The maximum atomic E-state index is 12.4. The molecule has 0 saturated heterocycles. The maximum Gasteiger partial charge on any atom is 0.278 e. The number of hydrazone groups is 1. The van der Waals surface area contributed by atoms with Crippen LogP contribution in [0.4, 0.5) is 5.69 Å². The number of benzene rings is 3. The highest BCUT2D eigenvalue weighted by molar-refractivity contribution is 7.99. The maximum absolute atomic E-state index is 12.4. The topological polar surface area (TPSA) is 125 Å². The lowest BCUT2D eigenvalue weighted by Gasteiger charge is -2.11. The molecule has 35 heavy (non-hydrogen) atoms. The number of thioether (sulfide) groups is 1. The number of nitrogens with one attached hydrogen (secondary N) is 1. The van der Waals surface area contributed by atoms with Gasteiger partial charge in [-0.15, -0.1) is 10.2 Å². The van der Waals surface area contributed by atoms with Crippen LogP contribution in [-0.2, 0) is 4.79 Å². The Morgan fingerprint density at radius 2 is 1.80 bits per heavy atom. The zero-order chi connectivity index (χ0) is 24.6. The van der Waals surface area contributed by atoms with E-state index in [9.17, 15) is 14.9 Å². The quantitative estimate of drug-likeness (QED) is 0.163. The van der Waals surface area contributed by atoms with Gasteiger partial charge in [0, 0.05) is 17.3 Å². The number of nitrogens with zero attached hydrogens (tertiary/aromatic N) is 5. The molecule has 1 amide bonds. The third kappa shape index (κ3) is 5.71. The molecule has 0 bridgehead atoms. The van der Waals surface area contributed by atoms with Gasteiger partial charge in [-0.25, -0.2) is 5.43 Å². The predicted octanol–water partition coefficient (Wildman–Crippen LogP) is 4.09. The number of amides is 1. The Kier molecular flexibility index (Phi) is 7.48. The van der Waals surface area contributed by atoms with E-state index in [1.165, 1.54) is 24.0 Å². The first-order chi connectivity index (χ1) is 17.1. The lowest BCUT2D eigenvalue weighted by molar-refractivity contribution is -0.385. The van der Waals surface area contributed by atoms with Crippen LogP contribution in [0.1, 0.15) is 5.56 Å². The Balaban J connectivity index is 1.50. The van der Waals surface area contributed by atoms with E-state index in [4.69, 9.17) is 4.74 Å². The largest absolute Gasteiger partial charge is 0.497 e. The van der Waals surface area contributed by atoms with Crippen molar-refractivity contribution in [1.82, 2.24) is 20.2 Å². The Hall–Kier alpha value is -4.51. The van der Waals surface area contributed by atoms with Gasteiger partial charge < -0.3 is 4.74 Å². The summed E-state index contributed by atoms with van der Waals surface area (Å²) in [7, 11) is 1.60. The zero-order valence-electron chi connectivity index (χ0n) is 18.6. The number of aromatic nitrogens is 3. The van der Waals surface area contributed by atoms with Gasteiger partial charge >= 0.3 is 0 Å². The minimum absolute atomic E-state index is 0.0112. The predicted molar refractivity (Wildman–Crippen MR) is 133 cm³/mol. The van der Waals surface area contributed by atoms with E-state index >= 15 is 0 Å². The lowest BCUT2D eigenvalue weighted by atomic mass is 10.2. The fourth-order valence-corrected chi connectivity index (χ4v) is 3.95. The molecule has 1 aromatic heterocycles. The Morgan fingerprint density at radius 1 is 1.09 bits per heavy atom. The third-order valence-electron chi connectivity index (χ3n) is 4.85. The number of hydrogen-bond donors (Lipinski definition) is 1. The second-order valence-corrected chi connectivity index (χ2v) is 8.05. The number of carbonyl (C=O) groups excluding carboxylic acids is 1. The molecule has 0 unspecified atom stereocenters. The number of ether oxygens (including phenoxy) is 1. The van der Waals surface area contributed by atoms with E-state index in [1.807, 2.05) is 59.2 Å². The minimum Gasteiger partial charge on any atom is -0.497 e. The Bertz CT molecular complexity index is 1360. The van der Waals surface area contributed by atoms with Crippen LogP contribution in [0.5, 0.6) is 5.75 Å². The molecule has 11 heteroatoms. The van der Waals surface area contributed by atoms with Gasteiger partial charge in [-0.3, -0.25) is 19.5 Å². The molecule has 10 nitrogen and oxygen atoms in total. The molecule has 1 heterocycles. The smallest absolute Gasteiger partial charge is 0.278 e. The Labute approximate surface area is 204 Å². The number of para-hydroxylation sites is 1. The average molecular weight is 489 g/mol. The van der Waals surface area contributed by atoms with Gasteiger partial charge in [-0.05, 0) is 30.3 Å². The van der Waals surface area contributed by atoms with E-state index in [0.717, 1.165) is 11.3 Å². The van der Waals surface area contributed by atoms with Crippen LogP contribution in [0.2, 0.25) is 0 Å². The molecule has 0 fully saturated rings. The summed E-state index contributed by atoms with van der Waals surface area (Å²) in [6, 6.07) is 23.2. The van der Waals surface area contributed by atoms with Crippen molar-refractivity contribution >= 4 is 29.6 Å². The number of carbonyl (C=O) groups is 1. The van der Waals surface area contributed by atoms with Gasteiger partial charge in [0.25, 0.3) is 11.6 Å². The van der Waals surface area contributed by atoms with E-state index in [1.54, 1.807) is 25.3 Å². The molecule has 0 aliphatic heterocycles. The SMILES string of the molecule is COc1ccc(-n2c(SCC(=O)N/N=C\c3ccccc3[N+](=O)[O-])nnc2-c2ccccc2)cc1.